The Morgan fingerprint density at radius 2 is 1.68 bits per heavy atom. The van der Waals surface area contributed by atoms with Gasteiger partial charge in [-0.15, -0.1) is 0 Å². The summed E-state index contributed by atoms with van der Waals surface area (Å²) >= 11 is 0. The van der Waals surface area contributed by atoms with Crippen LogP contribution in [-0.2, 0) is 17.8 Å². The second-order valence-corrected chi connectivity index (χ2v) is 5.61. The molecule has 1 atom stereocenters. The maximum atomic E-state index is 11.5. The van der Waals surface area contributed by atoms with Crippen LogP contribution in [0.25, 0.3) is 0 Å². The lowest BCUT2D eigenvalue weighted by Crippen LogP contribution is -2.38. The Labute approximate surface area is 148 Å². The van der Waals surface area contributed by atoms with Gasteiger partial charge in [-0.1, -0.05) is 36.4 Å². The molecule has 0 bridgehead atoms. The van der Waals surface area contributed by atoms with Crippen LogP contribution in [0.3, 0.4) is 0 Å². The predicted octanol–water partition coefficient (Wildman–Crippen LogP) is 3.27. The van der Waals surface area contributed by atoms with Crippen LogP contribution >= 0.6 is 0 Å². The van der Waals surface area contributed by atoms with Gasteiger partial charge >= 0.3 is 5.97 Å². The van der Waals surface area contributed by atoms with Crippen molar-refractivity contribution < 1.29 is 19.4 Å². The summed E-state index contributed by atoms with van der Waals surface area (Å²) in [6.07, 6.45) is 0.436. The summed E-state index contributed by atoms with van der Waals surface area (Å²) in [6.45, 7) is 5.39. The molecule has 0 unspecified atom stereocenters. The van der Waals surface area contributed by atoms with Gasteiger partial charge in [0, 0.05) is 6.54 Å². The number of hydrogen-bond acceptors (Lipinski definition) is 4. The molecule has 0 aliphatic heterocycles. The molecule has 0 spiro atoms. The van der Waals surface area contributed by atoms with Gasteiger partial charge in [0.15, 0.2) is 11.5 Å². The number of rotatable bonds is 10. The first-order chi connectivity index (χ1) is 12.1. The first kappa shape index (κ1) is 18.8. The van der Waals surface area contributed by atoms with Crippen molar-refractivity contribution in [2.24, 2.45) is 0 Å². The van der Waals surface area contributed by atoms with Crippen LogP contribution in [0, 0.1) is 0 Å². The molecule has 0 aliphatic carbocycles. The van der Waals surface area contributed by atoms with E-state index in [2.05, 4.69) is 5.32 Å². The van der Waals surface area contributed by atoms with E-state index in [0.717, 1.165) is 11.1 Å². The normalized spacial score (nSPS) is 11.8. The SMILES string of the molecule is CCOc1ccc(CN[C@H](Cc2ccccc2)C(=O)O)cc1OCC. The third kappa shape index (κ3) is 5.80. The lowest BCUT2D eigenvalue weighted by Gasteiger charge is -2.16. The minimum atomic E-state index is -0.861. The highest BCUT2D eigenvalue weighted by Crippen LogP contribution is 2.28. The van der Waals surface area contributed by atoms with Crippen molar-refractivity contribution in [2.75, 3.05) is 13.2 Å². The first-order valence-corrected chi connectivity index (χ1v) is 8.52. The molecule has 5 heteroatoms. The second kappa shape index (κ2) is 9.69. The van der Waals surface area contributed by atoms with Crippen molar-refractivity contribution in [3.05, 3.63) is 59.7 Å². The molecule has 0 saturated carbocycles. The highest BCUT2D eigenvalue weighted by Gasteiger charge is 2.17. The third-order valence-corrected chi connectivity index (χ3v) is 3.74. The van der Waals surface area contributed by atoms with Crippen LogP contribution in [0.2, 0.25) is 0 Å². The van der Waals surface area contributed by atoms with E-state index < -0.39 is 12.0 Å². The van der Waals surface area contributed by atoms with E-state index in [1.54, 1.807) is 0 Å². The van der Waals surface area contributed by atoms with Crippen LogP contribution in [0.1, 0.15) is 25.0 Å². The summed E-state index contributed by atoms with van der Waals surface area (Å²) in [5.41, 5.74) is 1.94. The largest absolute Gasteiger partial charge is 0.490 e. The molecule has 0 radical (unpaired) electrons. The van der Waals surface area contributed by atoms with Crippen LogP contribution in [-0.4, -0.2) is 30.3 Å². The van der Waals surface area contributed by atoms with Gasteiger partial charge < -0.3 is 19.9 Å². The van der Waals surface area contributed by atoms with E-state index in [9.17, 15) is 9.90 Å². The van der Waals surface area contributed by atoms with Gasteiger partial charge in [0.1, 0.15) is 6.04 Å². The van der Waals surface area contributed by atoms with Gasteiger partial charge in [-0.2, -0.15) is 0 Å². The van der Waals surface area contributed by atoms with Crippen LogP contribution in [0.4, 0.5) is 0 Å². The zero-order valence-corrected chi connectivity index (χ0v) is 14.7. The maximum absolute atomic E-state index is 11.5. The number of aliphatic carboxylic acids is 1. The standard InChI is InChI=1S/C20H25NO4/c1-3-24-18-11-10-16(13-19(18)25-4-2)14-21-17(20(22)23)12-15-8-6-5-7-9-15/h5-11,13,17,21H,3-4,12,14H2,1-2H3,(H,22,23)/t17-/m1/s1. The fourth-order valence-electron chi connectivity index (χ4n) is 2.54. The molecule has 0 aliphatic rings. The minimum Gasteiger partial charge on any atom is -0.490 e. The number of carboxylic acid groups (broad SMARTS) is 1. The molecule has 25 heavy (non-hydrogen) atoms. The number of nitrogens with one attached hydrogen (secondary N) is 1. The van der Waals surface area contributed by atoms with Crippen molar-refractivity contribution in [2.45, 2.75) is 32.9 Å². The number of carbonyl (C=O) groups is 1. The Hall–Kier alpha value is -2.53. The molecule has 5 nitrogen and oxygen atoms in total. The lowest BCUT2D eigenvalue weighted by atomic mass is 10.1. The Morgan fingerprint density at radius 1 is 1.00 bits per heavy atom. The van der Waals surface area contributed by atoms with Crippen molar-refractivity contribution in [3.8, 4) is 11.5 Å². The molecular formula is C20H25NO4. The fraction of sp³-hybridized carbons (Fsp3) is 0.350. The van der Waals surface area contributed by atoms with Gasteiger partial charge in [0.05, 0.1) is 13.2 Å². The Balaban J connectivity index is 2.04. The highest BCUT2D eigenvalue weighted by molar-refractivity contribution is 5.73. The van der Waals surface area contributed by atoms with Gasteiger partial charge in [-0.05, 0) is 43.5 Å². The van der Waals surface area contributed by atoms with E-state index in [-0.39, 0.29) is 0 Å². The maximum Gasteiger partial charge on any atom is 0.321 e. The van der Waals surface area contributed by atoms with E-state index in [4.69, 9.17) is 9.47 Å². The molecule has 2 aromatic carbocycles. The Morgan fingerprint density at radius 3 is 2.32 bits per heavy atom. The average Bonchev–Trinajstić information content (AvgIpc) is 2.61. The summed E-state index contributed by atoms with van der Waals surface area (Å²) in [4.78, 5) is 11.5. The summed E-state index contributed by atoms with van der Waals surface area (Å²) < 4.78 is 11.2. The molecule has 0 fully saturated rings. The van der Waals surface area contributed by atoms with Crippen molar-refractivity contribution in [1.82, 2.24) is 5.32 Å². The van der Waals surface area contributed by atoms with E-state index in [1.807, 2.05) is 62.4 Å². The molecule has 2 rings (SSSR count). The number of carboxylic acids is 1. The molecule has 2 aromatic rings. The topological polar surface area (TPSA) is 67.8 Å². The zero-order valence-electron chi connectivity index (χ0n) is 14.7. The van der Waals surface area contributed by atoms with E-state index >= 15 is 0 Å². The van der Waals surface area contributed by atoms with Gasteiger partial charge in [-0.25, -0.2) is 0 Å². The van der Waals surface area contributed by atoms with Crippen molar-refractivity contribution in [1.29, 1.82) is 0 Å². The summed E-state index contributed by atoms with van der Waals surface area (Å²) in [5.74, 6) is 0.519. The summed E-state index contributed by atoms with van der Waals surface area (Å²) in [6, 6.07) is 14.6. The third-order valence-electron chi connectivity index (χ3n) is 3.74. The minimum absolute atomic E-state index is 0.436. The molecule has 0 saturated heterocycles. The van der Waals surface area contributed by atoms with Crippen molar-refractivity contribution in [3.63, 3.8) is 0 Å². The number of hydrogen-bond donors (Lipinski definition) is 2. The first-order valence-electron chi connectivity index (χ1n) is 8.52. The monoisotopic (exact) mass is 343 g/mol. The predicted molar refractivity (Wildman–Crippen MR) is 97.2 cm³/mol. The summed E-state index contributed by atoms with van der Waals surface area (Å²) in [5, 5.41) is 12.6. The Bertz CT molecular complexity index is 673. The molecule has 2 N–H and O–H groups in total. The van der Waals surface area contributed by atoms with Gasteiger partial charge in [0.25, 0.3) is 0 Å². The number of benzene rings is 2. The quantitative estimate of drug-likeness (QED) is 0.693. The number of ether oxygens (including phenoxy) is 2. The van der Waals surface area contributed by atoms with Crippen LogP contribution in [0.15, 0.2) is 48.5 Å². The molecular weight excluding hydrogens is 318 g/mol. The molecule has 0 aromatic heterocycles. The van der Waals surface area contributed by atoms with E-state index in [1.165, 1.54) is 0 Å². The highest BCUT2D eigenvalue weighted by atomic mass is 16.5. The average molecular weight is 343 g/mol. The van der Waals surface area contributed by atoms with Crippen LogP contribution < -0.4 is 14.8 Å². The lowest BCUT2D eigenvalue weighted by molar-refractivity contribution is -0.139. The zero-order chi connectivity index (χ0) is 18.1. The van der Waals surface area contributed by atoms with Gasteiger partial charge in [-0.3, -0.25) is 4.79 Å². The van der Waals surface area contributed by atoms with Gasteiger partial charge in [0.2, 0.25) is 0 Å². The Kier molecular flexibility index (Phi) is 7.29. The molecule has 0 heterocycles. The van der Waals surface area contributed by atoms with Crippen molar-refractivity contribution >= 4 is 5.97 Å². The fourth-order valence-corrected chi connectivity index (χ4v) is 2.54. The second-order valence-electron chi connectivity index (χ2n) is 5.61. The molecule has 134 valence electrons. The van der Waals surface area contributed by atoms with Crippen LogP contribution in [0.5, 0.6) is 11.5 Å². The van der Waals surface area contributed by atoms with E-state index in [0.29, 0.717) is 37.7 Å². The molecule has 0 amide bonds. The smallest absolute Gasteiger partial charge is 0.321 e. The summed E-state index contributed by atoms with van der Waals surface area (Å²) in [7, 11) is 0.